The smallest absolute Gasteiger partial charge is 0.123 e. The molecular weight excluding hydrogens is 249 g/mol. The third kappa shape index (κ3) is 3.07. The number of hydrogen-bond acceptors (Lipinski definition) is 3. The predicted octanol–water partition coefficient (Wildman–Crippen LogP) is 2.96. The summed E-state index contributed by atoms with van der Waals surface area (Å²) in [6.45, 7) is 1.85. The normalized spacial score (nSPS) is 10.3. The second-order valence-corrected chi connectivity index (χ2v) is 4.90. The van der Waals surface area contributed by atoms with Crippen LogP contribution in [0, 0.1) is 18.2 Å². The van der Waals surface area contributed by atoms with Crippen LogP contribution < -0.4 is 5.73 Å². The Kier molecular flexibility index (Phi) is 3.62. The first-order valence-corrected chi connectivity index (χ1v) is 6.13. The van der Waals surface area contributed by atoms with Crippen molar-refractivity contribution in [1.29, 1.82) is 5.41 Å². The van der Waals surface area contributed by atoms with Crippen molar-refractivity contribution in [2.24, 2.45) is 5.73 Å². The molecule has 0 atom stereocenters. The van der Waals surface area contributed by atoms with Gasteiger partial charge in [-0.25, -0.2) is 9.37 Å². The Morgan fingerprint density at radius 1 is 1.28 bits per heavy atom. The molecule has 18 heavy (non-hydrogen) atoms. The molecule has 1 aromatic heterocycles. The molecule has 0 saturated heterocycles. The average molecular weight is 261 g/mol. The first kappa shape index (κ1) is 12.6. The summed E-state index contributed by atoms with van der Waals surface area (Å²) in [5.74, 6) is -0.248. The molecule has 0 aliphatic carbocycles. The van der Waals surface area contributed by atoms with E-state index < -0.39 is 0 Å². The summed E-state index contributed by atoms with van der Waals surface area (Å²) in [6.07, 6.45) is 0. The van der Waals surface area contributed by atoms with Crippen molar-refractivity contribution in [2.75, 3.05) is 0 Å². The molecule has 0 aliphatic heterocycles. The van der Waals surface area contributed by atoms with Crippen molar-refractivity contribution in [3.05, 3.63) is 53.5 Å². The standard InChI is InChI=1S/C13H12FN3S/c1-8-6-9(13(15)16)7-12(17-8)18-11-4-2-10(14)3-5-11/h2-7H,1H3,(H3,15,16). The van der Waals surface area contributed by atoms with Gasteiger partial charge in [0.25, 0.3) is 0 Å². The number of hydrogen-bond donors (Lipinski definition) is 2. The van der Waals surface area contributed by atoms with Gasteiger partial charge in [0, 0.05) is 16.2 Å². The van der Waals surface area contributed by atoms with E-state index in [9.17, 15) is 4.39 Å². The molecular formula is C13H12FN3S. The van der Waals surface area contributed by atoms with Gasteiger partial charge in [-0.15, -0.1) is 0 Å². The maximum absolute atomic E-state index is 12.8. The molecule has 0 spiro atoms. The lowest BCUT2D eigenvalue weighted by Gasteiger charge is -2.05. The van der Waals surface area contributed by atoms with Gasteiger partial charge in [0.05, 0.1) is 0 Å². The second kappa shape index (κ2) is 5.18. The van der Waals surface area contributed by atoms with Crippen LogP contribution in [-0.4, -0.2) is 10.8 Å². The summed E-state index contributed by atoms with van der Waals surface area (Å²) in [7, 11) is 0. The largest absolute Gasteiger partial charge is 0.384 e. The van der Waals surface area contributed by atoms with E-state index in [-0.39, 0.29) is 11.7 Å². The van der Waals surface area contributed by atoms with Crippen molar-refractivity contribution in [3.63, 3.8) is 0 Å². The van der Waals surface area contributed by atoms with E-state index in [1.54, 1.807) is 24.3 Å². The summed E-state index contributed by atoms with van der Waals surface area (Å²) in [5.41, 5.74) is 6.91. The maximum atomic E-state index is 12.8. The number of nitrogens with zero attached hydrogens (tertiary/aromatic N) is 1. The summed E-state index contributed by atoms with van der Waals surface area (Å²) in [5, 5.41) is 8.17. The number of nitrogens with two attached hydrogens (primary N) is 1. The van der Waals surface area contributed by atoms with Gasteiger partial charge in [-0.2, -0.15) is 0 Å². The van der Waals surface area contributed by atoms with Gasteiger partial charge < -0.3 is 5.73 Å². The van der Waals surface area contributed by atoms with E-state index in [4.69, 9.17) is 11.1 Å². The number of nitrogens with one attached hydrogen (secondary N) is 1. The molecule has 0 bridgehead atoms. The molecule has 3 nitrogen and oxygen atoms in total. The Labute approximate surface area is 109 Å². The molecule has 1 aromatic carbocycles. The molecule has 0 radical (unpaired) electrons. The molecule has 3 N–H and O–H groups in total. The zero-order valence-electron chi connectivity index (χ0n) is 9.77. The first-order chi connectivity index (χ1) is 8.54. The number of benzene rings is 1. The fourth-order valence-corrected chi connectivity index (χ4v) is 2.36. The third-order valence-electron chi connectivity index (χ3n) is 2.28. The zero-order chi connectivity index (χ0) is 13.1. The van der Waals surface area contributed by atoms with Crippen LogP contribution in [0.15, 0.2) is 46.3 Å². The van der Waals surface area contributed by atoms with Crippen molar-refractivity contribution in [3.8, 4) is 0 Å². The molecule has 92 valence electrons. The molecule has 2 rings (SSSR count). The predicted molar refractivity (Wildman–Crippen MR) is 70.5 cm³/mol. The van der Waals surface area contributed by atoms with Crippen molar-refractivity contribution >= 4 is 17.6 Å². The fourth-order valence-electron chi connectivity index (χ4n) is 1.47. The van der Waals surface area contributed by atoms with Gasteiger partial charge in [0.1, 0.15) is 16.7 Å². The highest BCUT2D eigenvalue weighted by atomic mass is 32.2. The van der Waals surface area contributed by atoms with E-state index in [2.05, 4.69) is 4.98 Å². The highest BCUT2D eigenvalue weighted by Crippen LogP contribution is 2.27. The van der Waals surface area contributed by atoms with Crippen LogP contribution in [0.5, 0.6) is 0 Å². The molecule has 0 aliphatic rings. The minimum atomic E-state index is -0.263. The molecule has 1 heterocycles. The number of nitrogen functional groups attached to an aromatic ring is 1. The first-order valence-electron chi connectivity index (χ1n) is 5.31. The minimum absolute atomic E-state index is 0.0152. The molecule has 0 amide bonds. The van der Waals surface area contributed by atoms with Crippen LogP contribution in [0.25, 0.3) is 0 Å². The lowest BCUT2D eigenvalue weighted by atomic mass is 10.2. The molecule has 5 heteroatoms. The molecule has 0 saturated carbocycles. The maximum Gasteiger partial charge on any atom is 0.123 e. The Hall–Kier alpha value is -1.88. The number of amidine groups is 1. The van der Waals surface area contributed by atoms with Crippen molar-refractivity contribution in [2.45, 2.75) is 16.8 Å². The quantitative estimate of drug-likeness (QED) is 0.659. The summed E-state index contributed by atoms with van der Waals surface area (Å²) >= 11 is 1.41. The highest BCUT2D eigenvalue weighted by molar-refractivity contribution is 7.99. The van der Waals surface area contributed by atoms with Crippen LogP contribution in [0.4, 0.5) is 4.39 Å². The zero-order valence-corrected chi connectivity index (χ0v) is 10.6. The fraction of sp³-hybridized carbons (Fsp3) is 0.0769. The van der Waals surface area contributed by atoms with Gasteiger partial charge in [0.2, 0.25) is 0 Å². The lowest BCUT2D eigenvalue weighted by Crippen LogP contribution is -2.11. The van der Waals surface area contributed by atoms with E-state index in [0.717, 1.165) is 15.6 Å². The lowest BCUT2D eigenvalue weighted by molar-refractivity contribution is 0.626. The van der Waals surface area contributed by atoms with Crippen molar-refractivity contribution < 1.29 is 4.39 Å². The summed E-state index contributed by atoms with van der Waals surface area (Å²) < 4.78 is 12.8. The topological polar surface area (TPSA) is 62.8 Å². The number of pyridine rings is 1. The van der Waals surface area contributed by atoms with Gasteiger partial charge >= 0.3 is 0 Å². The van der Waals surface area contributed by atoms with Gasteiger partial charge in [-0.05, 0) is 43.3 Å². The van der Waals surface area contributed by atoms with Crippen LogP contribution in [0.1, 0.15) is 11.3 Å². The Morgan fingerprint density at radius 3 is 2.56 bits per heavy atom. The van der Waals surface area contributed by atoms with Crippen LogP contribution >= 0.6 is 11.8 Å². The molecule has 0 unspecified atom stereocenters. The van der Waals surface area contributed by atoms with Crippen LogP contribution in [-0.2, 0) is 0 Å². The Morgan fingerprint density at radius 2 is 1.94 bits per heavy atom. The van der Waals surface area contributed by atoms with Crippen molar-refractivity contribution in [1.82, 2.24) is 4.98 Å². The SMILES string of the molecule is Cc1cc(C(=N)N)cc(Sc2ccc(F)cc2)n1. The summed E-state index contributed by atoms with van der Waals surface area (Å²) in [4.78, 5) is 5.24. The average Bonchev–Trinajstić information content (AvgIpc) is 2.31. The molecule has 0 fully saturated rings. The monoisotopic (exact) mass is 261 g/mol. The Balaban J connectivity index is 2.28. The number of halogens is 1. The van der Waals surface area contributed by atoms with E-state index in [1.807, 2.05) is 6.92 Å². The molecule has 2 aromatic rings. The summed E-state index contributed by atoms with van der Waals surface area (Å²) in [6, 6.07) is 9.71. The van der Waals surface area contributed by atoms with E-state index in [0.29, 0.717) is 5.56 Å². The van der Waals surface area contributed by atoms with E-state index in [1.165, 1.54) is 23.9 Å². The highest BCUT2D eigenvalue weighted by Gasteiger charge is 2.04. The minimum Gasteiger partial charge on any atom is -0.384 e. The van der Waals surface area contributed by atoms with Crippen LogP contribution in [0.2, 0.25) is 0 Å². The Bertz CT molecular complexity index is 581. The van der Waals surface area contributed by atoms with E-state index >= 15 is 0 Å². The number of aryl methyl sites for hydroxylation is 1. The van der Waals surface area contributed by atoms with Gasteiger partial charge in [0.15, 0.2) is 0 Å². The third-order valence-corrected chi connectivity index (χ3v) is 3.20. The number of aromatic nitrogens is 1. The second-order valence-electron chi connectivity index (χ2n) is 3.81. The van der Waals surface area contributed by atoms with Gasteiger partial charge in [-0.3, -0.25) is 5.41 Å². The van der Waals surface area contributed by atoms with Gasteiger partial charge in [-0.1, -0.05) is 11.8 Å². The van der Waals surface area contributed by atoms with Crippen LogP contribution in [0.3, 0.4) is 0 Å². The number of rotatable bonds is 3.